The molecule has 0 saturated heterocycles. The third-order valence-corrected chi connectivity index (χ3v) is 7.41. The molecule has 0 aliphatic heterocycles. The van der Waals surface area contributed by atoms with E-state index in [-0.39, 0.29) is 6.10 Å². The van der Waals surface area contributed by atoms with Gasteiger partial charge in [0.15, 0.2) is 0 Å². The van der Waals surface area contributed by atoms with Gasteiger partial charge >= 0.3 is 7.37 Å². The van der Waals surface area contributed by atoms with Gasteiger partial charge in [0.25, 0.3) is 0 Å². The molecule has 4 atom stereocenters. The molecule has 2 aromatic rings. The van der Waals surface area contributed by atoms with Crippen molar-refractivity contribution in [2.45, 2.75) is 46.1 Å². The van der Waals surface area contributed by atoms with Crippen LogP contribution in [0.3, 0.4) is 0 Å². The Kier molecular flexibility index (Phi) is 6.59. The summed E-state index contributed by atoms with van der Waals surface area (Å²) in [7, 11) is -3.27. The van der Waals surface area contributed by atoms with Gasteiger partial charge in [-0.3, -0.25) is 4.57 Å². The maximum Gasteiger partial charge on any atom is 0.303 e. The topological polar surface area (TPSA) is 26.3 Å². The van der Waals surface area contributed by atoms with Crippen molar-refractivity contribution in [2.75, 3.05) is 0 Å². The first-order chi connectivity index (χ1) is 13.0. The molecule has 0 bridgehead atoms. The molecule has 2 aromatic carbocycles. The maximum absolute atomic E-state index is 13.9. The first kappa shape index (κ1) is 19.9. The van der Waals surface area contributed by atoms with Gasteiger partial charge in [-0.25, -0.2) is 0 Å². The van der Waals surface area contributed by atoms with Crippen LogP contribution in [0.4, 0.5) is 0 Å². The molecule has 0 aromatic heterocycles. The van der Waals surface area contributed by atoms with E-state index < -0.39 is 7.37 Å². The highest BCUT2D eigenvalue weighted by atomic mass is 31.2. The predicted molar refractivity (Wildman–Crippen MR) is 113 cm³/mol. The van der Waals surface area contributed by atoms with Crippen molar-refractivity contribution in [3.05, 3.63) is 66.2 Å². The van der Waals surface area contributed by atoms with E-state index in [4.69, 9.17) is 4.52 Å². The van der Waals surface area contributed by atoms with Crippen LogP contribution in [0.25, 0.3) is 0 Å². The fourth-order valence-corrected chi connectivity index (χ4v) is 5.63. The highest BCUT2D eigenvalue weighted by molar-refractivity contribution is 7.71. The van der Waals surface area contributed by atoms with E-state index in [1.807, 2.05) is 60.7 Å². The highest BCUT2D eigenvalue weighted by Gasteiger charge is 2.37. The summed E-state index contributed by atoms with van der Waals surface area (Å²) in [6.45, 7) is 6.73. The smallest absolute Gasteiger partial charge is 0.303 e. The summed E-state index contributed by atoms with van der Waals surface area (Å²) in [6, 6.07) is 19.2. The number of hydrogen-bond donors (Lipinski definition) is 0. The van der Waals surface area contributed by atoms with E-state index >= 15 is 0 Å². The second-order valence-electron chi connectivity index (χ2n) is 7.96. The SMILES string of the molecule is CC(C)[C@@H]1CC[C@@H](C)C[C@H]1O[P@](=O)(C#Cc1ccccc1)c1ccccc1. The van der Waals surface area contributed by atoms with Gasteiger partial charge in [0.1, 0.15) is 0 Å². The molecule has 0 radical (unpaired) electrons. The molecule has 1 fully saturated rings. The second-order valence-corrected chi connectivity index (χ2v) is 10.0. The molecular formula is C24H29O2P. The van der Waals surface area contributed by atoms with Gasteiger partial charge in [-0.1, -0.05) is 69.5 Å². The lowest BCUT2D eigenvalue weighted by atomic mass is 9.75. The Morgan fingerprint density at radius 1 is 1.00 bits per heavy atom. The minimum atomic E-state index is -3.27. The summed E-state index contributed by atoms with van der Waals surface area (Å²) in [6.07, 6.45) is 3.29. The normalized spacial score (nSPS) is 24.7. The molecule has 0 amide bonds. The minimum absolute atomic E-state index is 0.00939. The van der Waals surface area contributed by atoms with Crippen molar-refractivity contribution in [2.24, 2.45) is 17.8 Å². The van der Waals surface area contributed by atoms with Crippen LogP contribution >= 0.6 is 7.37 Å². The van der Waals surface area contributed by atoms with Crippen molar-refractivity contribution in [1.82, 2.24) is 0 Å². The van der Waals surface area contributed by atoms with Gasteiger partial charge < -0.3 is 4.52 Å². The molecule has 3 heteroatoms. The first-order valence-electron chi connectivity index (χ1n) is 9.90. The fraction of sp³-hybridized carbons (Fsp3) is 0.417. The third-order valence-electron chi connectivity index (χ3n) is 5.46. The lowest BCUT2D eigenvalue weighted by molar-refractivity contribution is 0.0515. The second kappa shape index (κ2) is 8.92. The Bertz CT molecular complexity index is 833. The van der Waals surface area contributed by atoms with Crippen LogP contribution in [0.5, 0.6) is 0 Å². The lowest BCUT2D eigenvalue weighted by Gasteiger charge is -2.38. The molecule has 3 rings (SSSR count). The molecule has 0 spiro atoms. The standard InChI is InChI=1S/C24H29O2P/c1-19(2)23-15-14-20(3)18-24(23)26-27(25,22-12-8-5-9-13-22)17-16-21-10-6-4-7-11-21/h4-13,19-20,23-24H,14-15,18H2,1-3H3/t20-,23+,24-,27-/m1/s1. The van der Waals surface area contributed by atoms with E-state index in [0.29, 0.717) is 23.1 Å². The molecule has 2 nitrogen and oxygen atoms in total. The van der Waals surface area contributed by atoms with Gasteiger partial charge in [-0.05, 0) is 60.5 Å². The molecule has 0 heterocycles. The van der Waals surface area contributed by atoms with Crippen LogP contribution < -0.4 is 5.30 Å². The van der Waals surface area contributed by atoms with E-state index in [1.54, 1.807) is 0 Å². The molecular weight excluding hydrogens is 351 g/mol. The zero-order valence-electron chi connectivity index (χ0n) is 16.5. The van der Waals surface area contributed by atoms with Crippen LogP contribution in [0.1, 0.15) is 45.6 Å². The van der Waals surface area contributed by atoms with Crippen LogP contribution in [0.2, 0.25) is 0 Å². The summed E-state index contributed by atoms with van der Waals surface area (Å²) < 4.78 is 20.3. The van der Waals surface area contributed by atoms with Crippen LogP contribution in [0.15, 0.2) is 60.7 Å². The van der Waals surface area contributed by atoms with Crippen LogP contribution in [-0.2, 0) is 9.09 Å². The van der Waals surface area contributed by atoms with E-state index in [9.17, 15) is 4.57 Å². The Balaban J connectivity index is 1.95. The maximum atomic E-state index is 13.9. The Morgan fingerprint density at radius 3 is 2.26 bits per heavy atom. The largest absolute Gasteiger partial charge is 0.313 e. The Morgan fingerprint density at radius 2 is 1.63 bits per heavy atom. The van der Waals surface area contributed by atoms with Crippen molar-refractivity contribution >= 4 is 12.7 Å². The molecule has 27 heavy (non-hydrogen) atoms. The number of benzene rings is 2. The van der Waals surface area contributed by atoms with Crippen molar-refractivity contribution in [1.29, 1.82) is 0 Å². The summed E-state index contributed by atoms with van der Waals surface area (Å²) in [5.41, 5.74) is 3.89. The monoisotopic (exact) mass is 380 g/mol. The molecule has 1 saturated carbocycles. The van der Waals surface area contributed by atoms with Crippen LogP contribution in [0, 0.1) is 29.3 Å². The predicted octanol–water partition coefficient (Wildman–Crippen LogP) is 6.08. The van der Waals surface area contributed by atoms with Crippen molar-refractivity contribution in [3.8, 4) is 11.6 Å². The molecule has 0 N–H and O–H groups in total. The van der Waals surface area contributed by atoms with E-state index in [2.05, 4.69) is 32.4 Å². The van der Waals surface area contributed by atoms with Crippen LogP contribution in [-0.4, -0.2) is 6.10 Å². The van der Waals surface area contributed by atoms with Gasteiger partial charge in [-0.2, -0.15) is 0 Å². The zero-order chi connectivity index (χ0) is 19.3. The lowest BCUT2D eigenvalue weighted by Crippen LogP contribution is -2.34. The Hall–Kier alpha value is -1.81. The summed E-state index contributed by atoms with van der Waals surface area (Å²) in [5, 5.41) is 0.689. The first-order valence-corrected chi connectivity index (χ1v) is 11.5. The zero-order valence-corrected chi connectivity index (χ0v) is 17.4. The fourth-order valence-electron chi connectivity index (χ4n) is 3.86. The minimum Gasteiger partial charge on any atom is -0.313 e. The molecule has 0 unspecified atom stereocenters. The third kappa shape index (κ3) is 5.13. The van der Waals surface area contributed by atoms with E-state index in [1.165, 1.54) is 6.42 Å². The molecule has 142 valence electrons. The molecule has 1 aliphatic rings. The number of rotatable bonds is 4. The quantitative estimate of drug-likeness (QED) is 0.475. The van der Waals surface area contributed by atoms with Gasteiger partial charge in [0.2, 0.25) is 0 Å². The van der Waals surface area contributed by atoms with Crippen molar-refractivity contribution in [3.63, 3.8) is 0 Å². The number of hydrogen-bond acceptors (Lipinski definition) is 2. The summed E-state index contributed by atoms with van der Waals surface area (Å²) in [5.74, 6) is 4.62. The molecule has 1 aliphatic carbocycles. The Labute approximate surface area is 163 Å². The van der Waals surface area contributed by atoms with Gasteiger partial charge in [0.05, 0.1) is 6.10 Å². The summed E-state index contributed by atoms with van der Waals surface area (Å²) in [4.78, 5) is 0. The van der Waals surface area contributed by atoms with Gasteiger partial charge in [-0.15, -0.1) is 0 Å². The summed E-state index contributed by atoms with van der Waals surface area (Å²) >= 11 is 0. The average Bonchev–Trinajstić information content (AvgIpc) is 2.68. The average molecular weight is 380 g/mol. The highest BCUT2D eigenvalue weighted by Crippen LogP contribution is 2.50. The van der Waals surface area contributed by atoms with Gasteiger partial charge in [0, 0.05) is 10.9 Å². The van der Waals surface area contributed by atoms with Crippen molar-refractivity contribution < 1.29 is 9.09 Å². The van der Waals surface area contributed by atoms with E-state index in [0.717, 1.165) is 18.4 Å².